The van der Waals surface area contributed by atoms with Gasteiger partial charge in [0.05, 0.1) is 16.6 Å². The highest BCUT2D eigenvalue weighted by Crippen LogP contribution is 2.21. The molecule has 0 aliphatic heterocycles. The van der Waals surface area contributed by atoms with Gasteiger partial charge in [-0.1, -0.05) is 43.6 Å². The van der Waals surface area contributed by atoms with Crippen LogP contribution in [-0.2, 0) is 11.3 Å². The van der Waals surface area contributed by atoms with Crippen LogP contribution in [0.4, 0.5) is 10.1 Å². The molecule has 0 fully saturated rings. The van der Waals surface area contributed by atoms with Crippen molar-refractivity contribution >= 4 is 41.5 Å². The zero-order valence-corrected chi connectivity index (χ0v) is 16.5. The maximum absolute atomic E-state index is 13.6. The van der Waals surface area contributed by atoms with E-state index in [4.69, 9.17) is 17.3 Å². The Bertz CT molecular complexity index is 815. The molecule has 0 heterocycles. The molecule has 0 saturated carbocycles. The van der Waals surface area contributed by atoms with Crippen LogP contribution in [0.1, 0.15) is 29.8 Å². The summed E-state index contributed by atoms with van der Waals surface area (Å²) in [5.74, 6) is -1.24. The zero-order chi connectivity index (χ0) is 19.3. The predicted molar refractivity (Wildman–Crippen MR) is 108 cm³/mol. The summed E-state index contributed by atoms with van der Waals surface area (Å²) >= 11 is 6.08. The molecule has 0 radical (unpaired) electrons. The van der Waals surface area contributed by atoms with E-state index in [2.05, 4.69) is 10.6 Å². The highest BCUT2D eigenvalue weighted by atomic mass is 35.5. The number of halogens is 3. The van der Waals surface area contributed by atoms with Crippen LogP contribution < -0.4 is 16.4 Å². The number of nitrogens with two attached hydrogens (primary N) is 1. The number of anilines is 1. The summed E-state index contributed by atoms with van der Waals surface area (Å²) in [7, 11) is 0. The van der Waals surface area contributed by atoms with Crippen molar-refractivity contribution in [1.29, 1.82) is 0 Å². The summed E-state index contributed by atoms with van der Waals surface area (Å²) in [5.41, 5.74) is 6.76. The van der Waals surface area contributed by atoms with Gasteiger partial charge in [0.25, 0.3) is 5.91 Å². The van der Waals surface area contributed by atoms with E-state index >= 15 is 0 Å². The molecule has 0 saturated heterocycles. The number of carbonyl (C=O) groups excluding carboxylic acids is 2. The summed E-state index contributed by atoms with van der Waals surface area (Å²) in [6.45, 7) is 3.71. The molecule has 1 atom stereocenters. The molecule has 4 N–H and O–H groups in total. The highest BCUT2D eigenvalue weighted by molar-refractivity contribution is 6.34. The second-order valence-electron chi connectivity index (χ2n) is 6.23. The first kappa shape index (κ1) is 22.9. The highest BCUT2D eigenvalue weighted by Gasteiger charge is 2.18. The molecule has 2 aromatic rings. The molecular formula is C19H22Cl2FN3O2. The van der Waals surface area contributed by atoms with Gasteiger partial charge in [0.15, 0.2) is 0 Å². The minimum atomic E-state index is -0.663. The number of hydrogen-bond acceptors (Lipinski definition) is 3. The lowest BCUT2D eigenvalue weighted by atomic mass is 10.0. The molecule has 0 aromatic heterocycles. The molecule has 0 bridgehead atoms. The van der Waals surface area contributed by atoms with Gasteiger partial charge >= 0.3 is 0 Å². The van der Waals surface area contributed by atoms with Crippen LogP contribution >= 0.6 is 24.0 Å². The Morgan fingerprint density at radius 3 is 2.48 bits per heavy atom. The fourth-order valence-corrected chi connectivity index (χ4v) is 2.42. The largest absolute Gasteiger partial charge is 0.348 e. The van der Waals surface area contributed by atoms with Crippen molar-refractivity contribution in [2.45, 2.75) is 26.4 Å². The summed E-state index contributed by atoms with van der Waals surface area (Å²) < 4.78 is 13.6. The van der Waals surface area contributed by atoms with Gasteiger partial charge in [-0.15, -0.1) is 12.4 Å². The van der Waals surface area contributed by atoms with Crippen LogP contribution in [0.5, 0.6) is 0 Å². The predicted octanol–water partition coefficient (Wildman–Crippen LogP) is 3.75. The second kappa shape index (κ2) is 10.3. The lowest BCUT2D eigenvalue weighted by Gasteiger charge is -2.16. The van der Waals surface area contributed by atoms with E-state index in [1.807, 2.05) is 13.8 Å². The van der Waals surface area contributed by atoms with Crippen LogP contribution in [0, 0.1) is 11.7 Å². The maximum Gasteiger partial charge on any atom is 0.253 e. The third-order valence-electron chi connectivity index (χ3n) is 3.90. The normalized spacial score (nSPS) is 11.5. The van der Waals surface area contributed by atoms with Crippen molar-refractivity contribution in [3.05, 3.63) is 64.4 Å². The Morgan fingerprint density at radius 2 is 1.85 bits per heavy atom. The number of carbonyl (C=O) groups is 2. The molecule has 2 rings (SSSR count). The van der Waals surface area contributed by atoms with Crippen molar-refractivity contribution in [1.82, 2.24) is 5.32 Å². The Morgan fingerprint density at radius 1 is 1.19 bits per heavy atom. The van der Waals surface area contributed by atoms with Gasteiger partial charge in [-0.25, -0.2) is 4.39 Å². The smallest absolute Gasteiger partial charge is 0.253 e. The van der Waals surface area contributed by atoms with E-state index in [0.717, 1.165) is 0 Å². The lowest BCUT2D eigenvalue weighted by Crippen LogP contribution is -2.39. The van der Waals surface area contributed by atoms with Crippen molar-refractivity contribution < 1.29 is 14.0 Å². The van der Waals surface area contributed by atoms with Gasteiger partial charge < -0.3 is 16.4 Å². The molecule has 27 heavy (non-hydrogen) atoms. The quantitative estimate of drug-likeness (QED) is 0.673. The van der Waals surface area contributed by atoms with E-state index in [1.165, 1.54) is 18.2 Å². The first-order valence-electron chi connectivity index (χ1n) is 8.17. The summed E-state index contributed by atoms with van der Waals surface area (Å²) in [4.78, 5) is 24.4. The van der Waals surface area contributed by atoms with Gasteiger partial charge in [-0.2, -0.15) is 0 Å². The fourth-order valence-electron chi connectivity index (χ4n) is 2.22. The van der Waals surface area contributed by atoms with Crippen molar-refractivity contribution in [2.24, 2.45) is 11.7 Å². The van der Waals surface area contributed by atoms with Crippen molar-refractivity contribution in [3.8, 4) is 0 Å². The van der Waals surface area contributed by atoms with Gasteiger partial charge in [0.1, 0.15) is 5.82 Å². The molecule has 146 valence electrons. The molecule has 0 aliphatic carbocycles. The number of hydrogen-bond donors (Lipinski definition) is 3. The Kier molecular flexibility index (Phi) is 8.69. The van der Waals surface area contributed by atoms with Crippen LogP contribution in [0.25, 0.3) is 0 Å². The van der Waals surface area contributed by atoms with E-state index in [0.29, 0.717) is 11.3 Å². The summed E-state index contributed by atoms with van der Waals surface area (Å²) in [6, 6.07) is 10.1. The molecule has 0 unspecified atom stereocenters. The fraction of sp³-hybridized carbons (Fsp3) is 0.263. The van der Waals surface area contributed by atoms with Gasteiger partial charge in [0.2, 0.25) is 5.91 Å². The lowest BCUT2D eigenvalue weighted by molar-refractivity contribution is -0.118. The minimum Gasteiger partial charge on any atom is -0.348 e. The number of nitrogens with one attached hydrogen (secondary N) is 2. The van der Waals surface area contributed by atoms with E-state index in [-0.39, 0.29) is 41.4 Å². The maximum atomic E-state index is 13.6. The Balaban J connectivity index is 0.00000364. The van der Waals surface area contributed by atoms with E-state index < -0.39 is 17.8 Å². The van der Waals surface area contributed by atoms with Crippen molar-refractivity contribution in [2.75, 3.05) is 5.32 Å². The average molecular weight is 414 g/mol. The van der Waals surface area contributed by atoms with Crippen LogP contribution in [0.3, 0.4) is 0 Å². The third-order valence-corrected chi connectivity index (χ3v) is 4.23. The first-order chi connectivity index (χ1) is 12.3. The van der Waals surface area contributed by atoms with Gasteiger partial charge in [0, 0.05) is 17.8 Å². The SMILES string of the molecule is CC(C)[C@H](N)C(=O)Nc1ccc(Cl)c(C(=O)NCc2ccccc2F)c1.Cl. The number of amides is 2. The zero-order valence-electron chi connectivity index (χ0n) is 15.0. The molecular weight excluding hydrogens is 392 g/mol. The molecule has 2 aromatic carbocycles. The average Bonchev–Trinajstić information content (AvgIpc) is 2.61. The number of rotatable bonds is 6. The van der Waals surface area contributed by atoms with Gasteiger partial charge in [-0.05, 0) is 30.2 Å². The topological polar surface area (TPSA) is 84.2 Å². The van der Waals surface area contributed by atoms with E-state index in [1.54, 1.807) is 24.3 Å². The molecule has 2 amide bonds. The second-order valence-corrected chi connectivity index (χ2v) is 6.63. The summed E-state index contributed by atoms with van der Waals surface area (Å²) in [5, 5.41) is 5.51. The minimum absolute atomic E-state index is 0. The molecule has 0 spiro atoms. The summed E-state index contributed by atoms with van der Waals surface area (Å²) in [6.07, 6.45) is 0. The van der Waals surface area contributed by atoms with Gasteiger partial charge in [-0.3, -0.25) is 9.59 Å². The van der Waals surface area contributed by atoms with Crippen molar-refractivity contribution in [3.63, 3.8) is 0 Å². The monoisotopic (exact) mass is 413 g/mol. The standard InChI is InChI=1S/C19H21ClFN3O2.ClH/c1-11(2)17(22)19(26)24-13-7-8-15(20)14(9-13)18(25)23-10-12-5-3-4-6-16(12)21;/h3-9,11,17H,10,22H2,1-2H3,(H,23,25)(H,24,26);1H/t17-;/m0./s1. The van der Waals surface area contributed by atoms with Crippen LogP contribution in [-0.4, -0.2) is 17.9 Å². The van der Waals surface area contributed by atoms with Crippen LogP contribution in [0.2, 0.25) is 5.02 Å². The van der Waals surface area contributed by atoms with E-state index in [9.17, 15) is 14.0 Å². The Labute approximate surface area is 168 Å². The Hall–Kier alpha value is -2.15. The molecule has 8 heteroatoms. The third kappa shape index (κ3) is 6.20. The first-order valence-corrected chi connectivity index (χ1v) is 8.55. The molecule has 0 aliphatic rings. The number of benzene rings is 2. The molecule has 5 nitrogen and oxygen atoms in total. The van der Waals surface area contributed by atoms with Crippen LogP contribution in [0.15, 0.2) is 42.5 Å².